The molecule has 3 heterocycles. The van der Waals surface area contributed by atoms with Crippen LogP contribution in [0.3, 0.4) is 0 Å². The highest BCUT2D eigenvalue weighted by Crippen LogP contribution is 2.32. The Morgan fingerprint density at radius 3 is 2.77 bits per heavy atom. The molecule has 2 aromatic heterocycles. The summed E-state index contributed by atoms with van der Waals surface area (Å²) in [4.78, 5) is 42.1. The average Bonchev–Trinajstić information content (AvgIpc) is 3.02. The fourth-order valence-electron chi connectivity index (χ4n) is 2.96. The van der Waals surface area contributed by atoms with Crippen molar-refractivity contribution >= 4 is 35.1 Å². The third-order valence-electron chi connectivity index (χ3n) is 4.19. The maximum absolute atomic E-state index is 12.8. The number of nitrogens with one attached hydrogen (secondary N) is 2. The number of anilines is 1. The normalized spacial score (nSPS) is 19.6. The number of hydrogen-bond acceptors (Lipinski definition) is 5. The first-order valence-electron chi connectivity index (χ1n) is 7.84. The molecular formula is C17H17ClN4O4. The minimum Gasteiger partial charge on any atom is -0.466 e. The highest BCUT2D eigenvalue weighted by atomic mass is 35.5. The summed E-state index contributed by atoms with van der Waals surface area (Å²) in [7, 11) is 0. The van der Waals surface area contributed by atoms with Gasteiger partial charge in [0.25, 0.3) is 5.91 Å². The number of aryl methyl sites for hydroxylation is 2. The molecule has 0 aromatic carbocycles. The van der Waals surface area contributed by atoms with Crippen LogP contribution >= 0.6 is 11.6 Å². The van der Waals surface area contributed by atoms with Gasteiger partial charge in [0.15, 0.2) is 5.15 Å². The highest BCUT2D eigenvalue weighted by Gasteiger charge is 2.51. The van der Waals surface area contributed by atoms with Gasteiger partial charge < -0.3 is 15.1 Å². The van der Waals surface area contributed by atoms with Gasteiger partial charge in [0.2, 0.25) is 5.91 Å². The summed E-state index contributed by atoms with van der Waals surface area (Å²) in [6.07, 6.45) is 1.48. The minimum atomic E-state index is -1.29. The molecule has 9 heteroatoms. The number of halogens is 1. The molecule has 2 N–H and O–H groups in total. The summed E-state index contributed by atoms with van der Waals surface area (Å²) < 4.78 is 5.46. The Morgan fingerprint density at radius 1 is 1.42 bits per heavy atom. The second-order valence-electron chi connectivity index (χ2n) is 6.16. The molecule has 1 saturated heterocycles. The summed E-state index contributed by atoms with van der Waals surface area (Å²) in [6.45, 7) is 4.61. The van der Waals surface area contributed by atoms with E-state index in [9.17, 15) is 14.4 Å². The molecule has 1 fully saturated rings. The van der Waals surface area contributed by atoms with Gasteiger partial charge in [-0.25, -0.2) is 9.78 Å². The van der Waals surface area contributed by atoms with E-state index in [1.165, 1.54) is 6.20 Å². The summed E-state index contributed by atoms with van der Waals surface area (Å²) in [6, 6.07) is 4.23. The summed E-state index contributed by atoms with van der Waals surface area (Å²) >= 11 is 5.89. The monoisotopic (exact) mass is 376 g/mol. The zero-order chi connectivity index (χ0) is 19.1. The van der Waals surface area contributed by atoms with Gasteiger partial charge in [-0.15, -0.1) is 0 Å². The van der Waals surface area contributed by atoms with Crippen molar-refractivity contribution in [2.45, 2.75) is 26.3 Å². The Morgan fingerprint density at radius 2 is 2.15 bits per heavy atom. The van der Waals surface area contributed by atoms with E-state index in [1.807, 2.05) is 0 Å². The maximum Gasteiger partial charge on any atom is 0.325 e. The van der Waals surface area contributed by atoms with Crippen LogP contribution in [0.1, 0.15) is 24.0 Å². The fourth-order valence-corrected chi connectivity index (χ4v) is 3.13. The maximum atomic E-state index is 12.8. The molecule has 1 aliphatic rings. The number of imide groups is 1. The molecule has 136 valence electrons. The van der Waals surface area contributed by atoms with E-state index in [1.54, 1.807) is 39.0 Å². The number of pyridine rings is 1. The van der Waals surface area contributed by atoms with Gasteiger partial charge in [0.05, 0.1) is 5.69 Å². The molecule has 1 atom stereocenters. The minimum absolute atomic E-state index is 0.118. The largest absolute Gasteiger partial charge is 0.466 e. The van der Waals surface area contributed by atoms with Crippen LogP contribution in [0.15, 0.2) is 28.8 Å². The van der Waals surface area contributed by atoms with E-state index >= 15 is 0 Å². The summed E-state index contributed by atoms with van der Waals surface area (Å²) in [5.74, 6) is 0.0712. The Hall–Kier alpha value is -2.87. The van der Waals surface area contributed by atoms with Gasteiger partial charge >= 0.3 is 6.03 Å². The van der Waals surface area contributed by atoms with Crippen molar-refractivity contribution in [3.63, 3.8) is 0 Å². The van der Waals surface area contributed by atoms with Gasteiger partial charge in [-0.1, -0.05) is 11.6 Å². The lowest BCUT2D eigenvalue weighted by molar-refractivity contribution is -0.133. The Balaban J connectivity index is 1.78. The molecule has 4 amide bonds. The first-order valence-corrected chi connectivity index (χ1v) is 8.22. The first kappa shape index (κ1) is 17.9. The smallest absolute Gasteiger partial charge is 0.325 e. The van der Waals surface area contributed by atoms with E-state index < -0.39 is 29.9 Å². The van der Waals surface area contributed by atoms with Crippen LogP contribution in [0, 0.1) is 13.8 Å². The van der Waals surface area contributed by atoms with Crippen LogP contribution in [0.4, 0.5) is 10.5 Å². The van der Waals surface area contributed by atoms with Crippen molar-refractivity contribution in [2.24, 2.45) is 0 Å². The molecule has 3 rings (SSSR count). The molecule has 8 nitrogen and oxygen atoms in total. The Bertz CT molecular complexity index is 910. The molecule has 0 radical (unpaired) electrons. The molecule has 0 aliphatic carbocycles. The van der Waals surface area contributed by atoms with Crippen molar-refractivity contribution in [1.29, 1.82) is 0 Å². The predicted molar refractivity (Wildman–Crippen MR) is 93.7 cm³/mol. The molecular weight excluding hydrogens is 360 g/mol. The molecule has 1 aliphatic heterocycles. The quantitative estimate of drug-likeness (QED) is 0.629. The number of nitrogens with zero attached hydrogens (tertiary/aromatic N) is 2. The number of carbonyl (C=O) groups is 3. The van der Waals surface area contributed by atoms with Crippen molar-refractivity contribution < 1.29 is 18.8 Å². The molecule has 0 spiro atoms. The Kier molecular flexibility index (Phi) is 4.45. The SMILES string of the molecule is Cc1cc(C2(C)NC(=O)N(CC(=O)Nc3cccnc3Cl)C2=O)c(C)o1. The third kappa shape index (κ3) is 3.03. The Labute approximate surface area is 154 Å². The van der Waals surface area contributed by atoms with Crippen LogP contribution < -0.4 is 10.6 Å². The van der Waals surface area contributed by atoms with Gasteiger partial charge in [0.1, 0.15) is 23.6 Å². The fraction of sp³-hybridized carbons (Fsp3) is 0.294. The van der Waals surface area contributed by atoms with Gasteiger partial charge in [-0.05, 0) is 39.0 Å². The lowest BCUT2D eigenvalue weighted by Crippen LogP contribution is -2.42. The molecule has 0 saturated carbocycles. The number of hydrogen-bond donors (Lipinski definition) is 2. The number of aromatic nitrogens is 1. The van der Waals surface area contributed by atoms with Crippen LogP contribution in [0.5, 0.6) is 0 Å². The topological polar surface area (TPSA) is 105 Å². The van der Waals surface area contributed by atoms with Crippen LogP contribution in [-0.4, -0.2) is 34.3 Å². The third-order valence-corrected chi connectivity index (χ3v) is 4.49. The van der Waals surface area contributed by atoms with Crippen molar-refractivity contribution in [1.82, 2.24) is 15.2 Å². The number of amides is 4. The summed E-state index contributed by atoms with van der Waals surface area (Å²) in [5, 5.41) is 5.29. The van der Waals surface area contributed by atoms with Crippen molar-refractivity contribution in [2.75, 3.05) is 11.9 Å². The second-order valence-corrected chi connectivity index (χ2v) is 6.52. The average molecular weight is 377 g/mol. The van der Waals surface area contributed by atoms with E-state index in [4.69, 9.17) is 16.0 Å². The second kappa shape index (κ2) is 6.45. The standard InChI is InChI=1S/C17H17ClN4O4/c1-9-7-11(10(2)26-9)17(3)15(24)22(16(25)21-17)8-13(23)20-12-5-4-6-19-14(12)18/h4-7H,8H2,1-3H3,(H,20,23)(H,21,25). The highest BCUT2D eigenvalue weighted by molar-refractivity contribution is 6.32. The van der Waals surface area contributed by atoms with Crippen LogP contribution in [-0.2, 0) is 15.1 Å². The predicted octanol–water partition coefficient (Wildman–Crippen LogP) is 2.35. The van der Waals surface area contributed by atoms with Crippen molar-refractivity contribution in [3.05, 3.63) is 46.6 Å². The molecule has 2 aromatic rings. The number of furan rings is 1. The lowest BCUT2D eigenvalue weighted by atomic mass is 9.92. The number of urea groups is 1. The van der Waals surface area contributed by atoms with Crippen LogP contribution in [0.25, 0.3) is 0 Å². The van der Waals surface area contributed by atoms with E-state index in [-0.39, 0.29) is 5.15 Å². The zero-order valence-electron chi connectivity index (χ0n) is 14.4. The van der Waals surface area contributed by atoms with Crippen molar-refractivity contribution in [3.8, 4) is 0 Å². The van der Waals surface area contributed by atoms with E-state index in [0.717, 1.165) is 4.90 Å². The molecule has 0 bridgehead atoms. The first-order chi connectivity index (χ1) is 12.2. The molecule has 26 heavy (non-hydrogen) atoms. The van der Waals surface area contributed by atoms with E-state index in [2.05, 4.69) is 15.6 Å². The van der Waals surface area contributed by atoms with E-state index in [0.29, 0.717) is 22.8 Å². The van der Waals surface area contributed by atoms with Gasteiger partial charge in [-0.3, -0.25) is 14.5 Å². The van der Waals surface area contributed by atoms with Gasteiger partial charge in [-0.2, -0.15) is 0 Å². The number of carbonyl (C=O) groups excluding carboxylic acids is 3. The van der Waals surface area contributed by atoms with Gasteiger partial charge in [0, 0.05) is 11.8 Å². The molecule has 1 unspecified atom stereocenters. The number of rotatable bonds is 4. The van der Waals surface area contributed by atoms with Crippen LogP contribution in [0.2, 0.25) is 5.15 Å². The lowest BCUT2D eigenvalue weighted by Gasteiger charge is -2.21. The summed E-state index contributed by atoms with van der Waals surface area (Å²) in [5.41, 5.74) is -0.424. The zero-order valence-corrected chi connectivity index (χ0v) is 15.2.